The Bertz CT molecular complexity index is 546. The zero-order chi connectivity index (χ0) is 18.8. The van der Waals surface area contributed by atoms with E-state index in [1.165, 1.54) is 0 Å². The molecule has 1 unspecified atom stereocenters. The van der Waals surface area contributed by atoms with E-state index in [1.54, 1.807) is 0 Å². The largest absolute Gasteiger partial charge is 0.409 e. The van der Waals surface area contributed by atoms with Crippen molar-refractivity contribution in [3.05, 3.63) is 35.9 Å². The number of hydrogen-bond donors (Lipinski definition) is 1. The molecule has 2 rings (SSSR count). The zero-order valence-corrected chi connectivity index (χ0v) is 19.2. The van der Waals surface area contributed by atoms with Crippen molar-refractivity contribution in [2.75, 3.05) is 0 Å². The fourth-order valence-electron chi connectivity index (χ4n) is 2.62. The molecule has 0 saturated carbocycles. The molecule has 1 N–H and O–H groups in total. The summed E-state index contributed by atoms with van der Waals surface area (Å²) in [4.78, 5) is 0. The molecule has 0 bridgehead atoms. The quantitative estimate of drug-likeness (QED) is 0.385. The van der Waals surface area contributed by atoms with E-state index in [4.69, 9.17) is 13.9 Å². The van der Waals surface area contributed by atoms with Gasteiger partial charge in [0, 0.05) is 0 Å². The first-order valence-electron chi connectivity index (χ1n) is 8.84. The lowest BCUT2D eigenvalue weighted by Crippen LogP contribution is -2.60. The van der Waals surface area contributed by atoms with Gasteiger partial charge in [-0.25, -0.2) is 0 Å². The van der Waals surface area contributed by atoms with E-state index in [-0.39, 0.29) is 27.3 Å². The summed E-state index contributed by atoms with van der Waals surface area (Å²) in [5.41, 5.74) is 1.12. The first-order chi connectivity index (χ1) is 11.5. The Hall–Kier alpha value is 0.00688. The molecule has 1 heterocycles. The van der Waals surface area contributed by atoms with Crippen LogP contribution in [0.2, 0.25) is 18.1 Å². The minimum Gasteiger partial charge on any atom is -0.409 e. The van der Waals surface area contributed by atoms with Gasteiger partial charge < -0.3 is 19.0 Å². The molecule has 1 aromatic carbocycles. The Morgan fingerprint density at radius 3 is 2.32 bits per heavy atom. The molecule has 5 atom stereocenters. The van der Waals surface area contributed by atoms with Crippen LogP contribution >= 0.6 is 22.6 Å². The van der Waals surface area contributed by atoms with Gasteiger partial charge in [0.05, 0.1) is 22.7 Å². The highest BCUT2D eigenvalue weighted by atomic mass is 127. The van der Waals surface area contributed by atoms with E-state index in [2.05, 4.69) is 56.5 Å². The van der Waals surface area contributed by atoms with Crippen molar-refractivity contribution in [3.8, 4) is 0 Å². The molecule has 25 heavy (non-hydrogen) atoms. The molecule has 0 radical (unpaired) electrons. The van der Waals surface area contributed by atoms with E-state index < -0.39 is 14.6 Å². The maximum absolute atomic E-state index is 10.2. The Labute approximate surface area is 166 Å². The van der Waals surface area contributed by atoms with Gasteiger partial charge in [0.15, 0.2) is 14.6 Å². The lowest BCUT2D eigenvalue weighted by molar-refractivity contribution is -0.226. The lowest BCUT2D eigenvalue weighted by Gasteiger charge is -2.47. The number of alkyl halides is 1. The first kappa shape index (κ1) is 21.3. The maximum Gasteiger partial charge on any atom is 0.192 e. The summed E-state index contributed by atoms with van der Waals surface area (Å²) < 4.78 is 18.4. The second kappa shape index (κ2) is 8.35. The van der Waals surface area contributed by atoms with Gasteiger partial charge in [-0.1, -0.05) is 73.7 Å². The number of halogens is 1. The van der Waals surface area contributed by atoms with Crippen molar-refractivity contribution >= 4 is 30.9 Å². The highest BCUT2D eigenvalue weighted by Crippen LogP contribution is 2.40. The maximum atomic E-state index is 10.2. The van der Waals surface area contributed by atoms with Gasteiger partial charge in [0.25, 0.3) is 0 Å². The summed E-state index contributed by atoms with van der Waals surface area (Å²) in [5.74, 6) is 0. The molecule has 1 aliphatic heterocycles. The molecule has 6 heteroatoms. The number of aliphatic hydroxyl groups is 1. The standard InChI is InChI=1S/C19H31IO4Si/c1-13-16(24-25(5,6)19(2,3)4)17(15(20)18(21)23-13)22-12-14-10-8-7-9-11-14/h7-11,13,15-18,21H,12H2,1-6H3/t13-,15-,16-,17+,18?/m1/s1. The van der Waals surface area contributed by atoms with Crippen LogP contribution in [0.1, 0.15) is 33.3 Å². The van der Waals surface area contributed by atoms with Crippen molar-refractivity contribution in [1.82, 2.24) is 0 Å². The van der Waals surface area contributed by atoms with Gasteiger partial charge in [0.2, 0.25) is 0 Å². The van der Waals surface area contributed by atoms with Crippen molar-refractivity contribution in [2.24, 2.45) is 0 Å². The molecule has 0 spiro atoms. The Morgan fingerprint density at radius 2 is 1.76 bits per heavy atom. The highest BCUT2D eigenvalue weighted by Gasteiger charge is 2.48. The summed E-state index contributed by atoms with van der Waals surface area (Å²) in [6.45, 7) is 13.6. The lowest BCUT2D eigenvalue weighted by atomic mass is 10.0. The predicted molar refractivity (Wildman–Crippen MR) is 111 cm³/mol. The molecule has 0 amide bonds. The Balaban J connectivity index is 2.17. The fraction of sp³-hybridized carbons (Fsp3) is 0.684. The van der Waals surface area contributed by atoms with Gasteiger partial charge in [-0.15, -0.1) is 0 Å². The molecule has 142 valence electrons. The van der Waals surface area contributed by atoms with Crippen molar-refractivity contribution in [3.63, 3.8) is 0 Å². The second-order valence-corrected chi connectivity index (χ2v) is 14.5. The van der Waals surface area contributed by atoms with Crippen LogP contribution in [0.15, 0.2) is 30.3 Å². The van der Waals surface area contributed by atoms with Crippen LogP contribution in [0.5, 0.6) is 0 Å². The van der Waals surface area contributed by atoms with E-state index in [1.807, 2.05) is 37.3 Å². The average Bonchev–Trinajstić information content (AvgIpc) is 2.52. The summed E-state index contributed by atoms with van der Waals surface area (Å²) in [7, 11) is -1.98. The minimum atomic E-state index is -1.98. The number of benzene rings is 1. The summed E-state index contributed by atoms with van der Waals surface area (Å²) in [6.07, 6.45) is -1.45. The first-order valence-corrected chi connectivity index (χ1v) is 13.0. The number of aliphatic hydroxyl groups excluding tert-OH is 1. The van der Waals surface area contributed by atoms with Crippen molar-refractivity contribution < 1.29 is 19.0 Å². The third kappa shape index (κ3) is 5.26. The molecule has 1 fully saturated rings. The summed E-state index contributed by atoms with van der Waals surface area (Å²) in [6, 6.07) is 10.1. The molecule has 1 aromatic rings. The van der Waals surface area contributed by atoms with Crippen LogP contribution < -0.4 is 0 Å². The predicted octanol–water partition coefficient (Wildman–Crippen LogP) is 4.50. The molecule has 4 nitrogen and oxygen atoms in total. The number of hydrogen-bond acceptors (Lipinski definition) is 4. The van der Waals surface area contributed by atoms with Crippen LogP contribution in [0.3, 0.4) is 0 Å². The zero-order valence-electron chi connectivity index (χ0n) is 16.0. The molecule has 0 aliphatic carbocycles. The normalized spacial score (nSPS) is 31.1. The van der Waals surface area contributed by atoms with E-state index in [0.717, 1.165) is 5.56 Å². The van der Waals surface area contributed by atoms with Crippen molar-refractivity contribution in [2.45, 2.75) is 81.0 Å². The van der Waals surface area contributed by atoms with Gasteiger partial charge >= 0.3 is 0 Å². The van der Waals surface area contributed by atoms with E-state index in [0.29, 0.717) is 6.61 Å². The topological polar surface area (TPSA) is 47.9 Å². The van der Waals surface area contributed by atoms with Crippen LogP contribution in [0, 0.1) is 0 Å². The smallest absolute Gasteiger partial charge is 0.192 e. The molecule has 1 aliphatic rings. The van der Waals surface area contributed by atoms with Gasteiger partial charge in [0.1, 0.15) is 6.10 Å². The Kier molecular flexibility index (Phi) is 7.12. The van der Waals surface area contributed by atoms with Crippen LogP contribution in [-0.4, -0.2) is 42.0 Å². The van der Waals surface area contributed by atoms with Gasteiger partial charge in [-0.05, 0) is 30.6 Å². The third-order valence-corrected chi connectivity index (χ3v) is 11.0. The van der Waals surface area contributed by atoms with E-state index >= 15 is 0 Å². The Morgan fingerprint density at radius 1 is 1.16 bits per heavy atom. The average molecular weight is 478 g/mol. The molecular formula is C19H31IO4Si. The third-order valence-electron chi connectivity index (χ3n) is 5.25. The van der Waals surface area contributed by atoms with Crippen LogP contribution in [0.25, 0.3) is 0 Å². The van der Waals surface area contributed by atoms with Crippen LogP contribution in [0.4, 0.5) is 0 Å². The van der Waals surface area contributed by atoms with Gasteiger partial charge in [-0.2, -0.15) is 0 Å². The summed E-state index contributed by atoms with van der Waals surface area (Å²) >= 11 is 2.22. The number of ether oxygens (including phenoxy) is 2. The van der Waals surface area contributed by atoms with E-state index in [9.17, 15) is 5.11 Å². The SMILES string of the molecule is C[C@H]1OC(O)[C@H](I)[C@H](OCc2ccccc2)[C@@H]1O[Si](C)(C)C(C)(C)C. The van der Waals surface area contributed by atoms with Crippen LogP contribution in [-0.2, 0) is 20.5 Å². The monoisotopic (exact) mass is 478 g/mol. The molecule has 0 aromatic heterocycles. The minimum absolute atomic E-state index is 0.105. The fourth-order valence-corrected chi connectivity index (χ4v) is 4.76. The highest BCUT2D eigenvalue weighted by molar-refractivity contribution is 14.1. The molecule has 1 saturated heterocycles. The summed E-state index contributed by atoms with van der Waals surface area (Å²) in [5, 5.41) is 10.3. The van der Waals surface area contributed by atoms with Gasteiger partial charge in [-0.3, -0.25) is 0 Å². The number of rotatable bonds is 5. The van der Waals surface area contributed by atoms with Crippen molar-refractivity contribution in [1.29, 1.82) is 0 Å². The second-order valence-electron chi connectivity index (χ2n) is 8.28. The molecular weight excluding hydrogens is 447 g/mol.